The van der Waals surface area contributed by atoms with Crippen LogP contribution in [0.25, 0.3) is 11.1 Å². The van der Waals surface area contributed by atoms with Crippen LogP contribution in [-0.2, 0) is 22.4 Å². The lowest BCUT2D eigenvalue weighted by atomic mass is 9.84. The van der Waals surface area contributed by atoms with Crippen LogP contribution < -0.4 is 9.64 Å². The molecule has 0 aliphatic heterocycles. The zero-order valence-electron chi connectivity index (χ0n) is 22.2. The minimum Gasteiger partial charge on any atom is -0.497 e. The Balaban J connectivity index is 1.82. The largest absolute Gasteiger partial charge is 0.497 e. The molecule has 0 heterocycles. The number of nitrogens with zero attached hydrogens (tertiary/aromatic N) is 1. The van der Waals surface area contributed by atoms with Gasteiger partial charge in [-0.3, -0.25) is 4.79 Å². The van der Waals surface area contributed by atoms with Crippen LogP contribution in [-0.4, -0.2) is 25.6 Å². The number of benzene rings is 4. The first-order valence-electron chi connectivity index (χ1n) is 12.5. The summed E-state index contributed by atoms with van der Waals surface area (Å²) in [6.07, 6.45) is 0.613. The molecule has 1 unspecified atom stereocenters. The lowest BCUT2D eigenvalue weighted by Crippen LogP contribution is -2.32. The van der Waals surface area contributed by atoms with E-state index in [2.05, 4.69) is 68.1 Å². The maximum Gasteiger partial charge on any atom is 0.172 e. The second-order valence-corrected chi connectivity index (χ2v) is 10.5. The minimum atomic E-state index is -1.82. The van der Waals surface area contributed by atoms with Crippen molar-refractivity contribution in [2.75, 3.05) is 19.1 Å². The summed E-state index contributed by atoms with van der Waals surface area (Å²) in [6, 6.07) is 31.6. The van der Waals surface area contributed by atoms with Crippen molar-refractivity contribution in [1.29, 1.82) is 0 Å². The van der Waals surface area contributed by atoms with Crippen LogP contribution in [0.3, 0.4) is 0 Å². The van der Waals surface area contributed by atoms with E-state index >= 15 is 0 Å². The number of aliphatic hydroxyl groups is 1. The van der Waals surface area contributed by atoms with Crippen LogP contribution in [0.15, 0.2) is 97.1 Å². The van der Waals surface area contributed by atoms with E-state index in [1.165, 1.54) is 5.56 Å². The van der Waals surface area contributed by atoms with Crippen LogP contribution in [0.1, 0.15) is 43.0 Å². The van der Waals surface area contributed by atoms with Gasteiger partial charge in [-0.2, -0.15) is 0 Å². The first-order valence-corrected chi connectivity index (χ1v) is 12.5. The molecule has 190 valence electrons. The number of carbonyl (C=O) groups excluding carboxylic acids is 1. The number of rotatable bonds is 8. The summed E-state index contributed by atoms with van der Waals surface area (Å²) in [5, 5.41) is 11.8. The Bertz CT molecular complexity index is 1340. The van der Waals surface area contributed by atoms with E-state index in [-0.39, 0.29) is 5.41 Å². The van der Waals surface area contributed by atoms with E-state index in [1.54, 1.807) is 31.4 Å². The Kier molecular flexibility index (Phi) is 7.51. The van der Waals surface area contributed by atoms with Gasteiger partial charge in [-0.05, 0) is 51.4 Å². The highest BCUT2D eigenvalue weighted by atomic mass is 16.5. The number of anilines is 1. The molecule has 0 radical (unpaired) electrons. The predicted molar refractivity (Wildman–Crippen MR) is 151 cm³/mol. The summed E-state index contributed by atoms with van der Waals surface area (Å²) in [7, 11) is 3.57. The zero-order valence-corrected chi connectivity index (χ0v) is 22.2. The highest BCUT2D eigenvalue weighted by Gasteiger charge is 2.35. The molecular formula is C33H35NO3. The third-order valence-corrected chi connectivity index (χ3v) is 6.87. The zero-order chi connectivity index (χ0) is 26.6. The standard InChI is InChI=1S/C33H35NO3/c1-32(2,3)27-14-11-25(12-15-27)26-13-20-30(31(21-26)34(4)22-24-9-7-6-8-10-24)33(36,23-35)28-16-18-29(37-5)19-17-28/h6-21,23,36H,22H2,1-5H3. The first-order chi connectivity index (χ1) is 17.7. The van der Waals surface area contributed by atoms with Crippen molar-refractivity contribution in [2.45, 2.75) is 38.3 Å². The summed E-state index contributed by atoms with van der Waals surface area (Å²) in [4.78, 5) is 14.6. The SMILES string of the molecule is COc1ccc(C(O)(C=O)c2ccc(-c3ccc(C(C)(C)C)cc3)cc2N(C)Cc2ccccc2)cc1. The summed E-state index contributed by atoms with van der Waals surface area (Å²) >= 11 is 0. The molecule has 4 aromatic carbocycles. The van der Waals surface area contributed by atoms with Crippen molar-refractivity contribution >= 4 is 12.0 Å². The van der Waals surface area contributed by atoms with Gasteiger partial charge in [0, 0.05) is 24.8 Å². The van der Waals surface area contributed by atoms with Gasteiger partial charge >= 0.3 is 0 Å². The Morgan fingerprint density at radius 2 is 1.41 bits per heavy atom. The van der Waals surface area contributed by atoms with Crippen molar-refractivity contribution in [2.24, 2.45) is 0 Å². The molecular weight excluding hydrogens is 458 g/mol. The van der Waals surface area contributed by atoms with E-state index in [0.717, 1.165) is 22.4 Å². The van der Waals surface area contributed by atoms with Crippen molar-refractivity contribution in [3.05, 3.63) is 119 Å². The second kappa shape index (κ2) is 10.6. The number of hydrogen-bond acceptors (Lipinski definition) is 4. The Morgan fingerprint density at radius 1 is 0.811 bits per heavy atom. The van der Waals surface area contributed by atoms with Gasteiger partial charge in [0.15, 0.2) is 11.9 Å². The molecule has 0 aliphatic rings. The third kappa shape index (κ3) is 5.60. The number of hydrogen-bond donors (Lipinski definition) is 1. The van der Waals surface area contributed by atoms with Crippen LogP contribution in [0, 0.1) is 0 Å². The highest BCUT2D eigenvalue weighted by molar-refractivity contribution is 5.80. The molecule has 1 atom stereocenters. The summed E-state index contributed by atoms with van der Waals surface area (Å²) in [5.41, 5.74) is 4.55. The molecule has 4 rings (SSSR count). The number of aldehydes is 1. The van der Waals surface area contributed by atoms with Gasteiger partial charge < -0.3 is 14.7 Å². The molecule has 0 fully saturated rings. The van der Waals surface area contributed by atoms with Gasteiger partial charge in [-0.15, -0.1) is 0 Å². The predicted octanol–water partition coefficient (Wildman–Crippen LogP) is 6.73. The van der Waals surface area contributed by atoms with Crippen LogP contribution in [0.4, 0.5) is 5.69 Å². The number of methoxy groups -OCH3 is 1. The van der Waals surface area contributed by atoms with Crippen LogP contribution in [0.5, 0.6) is 5.75 Å². The maximum atomic E-state index is 12.5. The average molecular weight is 494 g/mol. The summed E-state index contributed by atoms with van der Waals surface area (Å²) < 4.78 is 5.27. The van der Waals surface area contributed by atoms with Crippen molar-refractivity contribution in [1.82, 2.24) is 0 Å². The van der Waals surface area contributed by atoms with Crippen molar-refractivity contribution in [3.63, 3.8) is 0 Å². The molecule has 0 aliphatic carbocycles. The highest BCUT2D eigenvalue weighted by Crippen LogP contribution is 2.38. The van der Waals surface area contributed by atoms with E-state index in [4.69, 9.17) is 4.74 Å². The average Bonchev–Trinajstić information content (AvgIpc) is 2.92. The van der Waals surface area contributed by atoms with Crippen LogP contribution >= 0.6 is 0 Å². The van der Waals surface area contributed by atoms with E-state index in [0.29, 0.717) is 29.7 Å². The molecule has 37 heavy (non-hydrogen) atoms. The van der Waals surface area contributed by atoms with Gasteiger partial charge in [0.05, 0.1) is 7.11 Å². The lowest BCUT2D eigenvalue weighted by molar-refractivity contribution is -0.121. The Hall–Kier alpha value is -3.89. The molecule has 0 bridgehead atoms. The van der Waals surface area contributed by atoms with E-state index < -0.39 is 5.60 Å². The normalized spacial score (nSPS) is 13.0. The van der Waals surface area contributed by atoms with Gasteiger partial charge in [-0.1, -0.05) is 99.6 Å². The summed E-state index contributed by atoms with van der Waals surface area (Å²) in [6.45, 7) is 7.23. The topological polar surface area (TPSA) is 49.8 Å². The fourth-order valence-electron chi connectivity index (χ4n) is 4.59. The quantitative estimate of drug-likeness (QED) is 0.277. The monoisotopic (exact) mass is 493 g/mol. The smallest absolute Gasteiger partial charge is 0.172 e. The fourth-order valence-corrected chi connectivity index (χ4v) is 4.59. The van der Waals surface area contributed by atoms with E-state index in [9.17, 15) is 9.90 Å². The third-order valence-electron chi connectivity index (χ3n) is 6.87. The Morgan fingerprint density at radius 3 is 1.97 bits per heavy atom. The molecule has 0 amide bonds. The summed E-state index contributed by atoms with van der Waals surface area (Å²) in [5.74, 6) is 0.660. The molecule has 4 nitrogen and oxygen atoms in total. The van der Waals surface area contributed by atoms with Gasteiger partial charge in [0.25, 0.3) is 0 Å². The molecule has 0 spiro atoms. The molecule has 4 heteroatoms. The second-order valence-electron chi connectivity index (χ2n) is 10.5. The van der Waals surface area contributed by atoms with E-state index in [1.807, 2.05) is 37.4 Å². The molecule has 0 saturated carbocycles. The van der Waals surface area contributed by atoms with Crippen molar-refractivity contribution < 1.29 is 14.6 Å². The maximum absolute atomic E-state index is 12.5. The van der Waals surface area contributed by atoms with Gasteiger partial charge in [-0.25, -0.2) is 0 Å². The first kappa shape index (κ1) is 26.2. The number of ether oxygens (including phenoxy) is 1. The van der Waals surface area contributed by atoms with Gasteiger partial charge in [0.1, 0.15) is 5.75 Å². The molecule has 1 N–H and O–H groups in total. The molecule has 0 saturated heterocycles. The van der Waals surface area contributed by atoms with Gasteiger partial charge in [0.2, 0.25) is 0 Å². The lowest BCUT2D eigenvalue weighted by Gasteiger charge is -2.31. The van der Waals surface area contributed by atoms with Crippen molar-refractivity contribution in [3.8, 4) is 16.9 Å². The Labute approximate surface area is 220 Å². The van der Waals surface area contributed by atoms with Crippen LogP contribution in [0.2, 0.25) is 0 Å². The molecule has 0 aromatic heterocycles. The minimum absolute atomic E-state index is 0.0717. The fraction of sp³-hybridized carbons (Fsp3) is 0.242. The number of carbonyl (C=O) groups is 1. The molecule has 4 aromatic rings.